The van der Waals surface area contributed by atoms with Crippen LogP contribution in [0.2, 0.25) is 0 Å². The number of phenols is 1. The second-order valence-corrected chi connectivity index (χ2v) is 4.48. The van der Waals surface area contributed by atoms with Gasteiger partial charge in [-0.15, -0.1) is 0 Å². The van der Waals surface area contributed by atoms with Crippen molar-refractivity contribution in [3.05, 3.63) is 59.7 Å². The molecule has 0 unspecified atom stereocenters. The van der Waals surface area contributed by atoms with Crippen LogP contribution >= 0.6 is 0 Å². The van der Waals surface area contributed by atoms with E-state index in [2.05, 4.69) is 17.2 Å². The summed E-state index contributed by atoms with van der Waals surface area (Å²) in [5.41, 5.74) is 7.57. The van der Waals surface area contributed by atoms with Crippen LogP contribution in [0.15, 0.2) is 48.5 Å². The third-order valence-electron chi connectivity index (χ3n) is 2.76. The molecule has 1 amide bonds. The van der Waals surface area contributed by atoms with Crippen LogP contribution in [0, 0.1) is 11.8 Å². The molecule has 4 nitrogen and oxygen atoms in total. The Morgan fingerprint density at radius 1 is 1.19 bits per heavy atom. The molecule has 2 aromatic rings. The number of benzene rings is 2. The van der Waals surface area contributed by atoms with Gasteiger partial charge in [0.25, 0.3) is 0 Å². The average Bonchev–Trinajstić information content (AvgIpc) is 2.45. The molecule has 0 fully saturated rings. The molecule has 0 aliphatic heterocycles. The van der Waals surface area contributed by atoms with Crippen molar-refractivity contribution in [2.45, 2.75) is 6.42 Å². The first-order chi connectivity index (χ1) is 10.2. The SMILES string of the molecule is NCC#Cc1cccc(NC(=O)Cc2cccc(O)c2)c1. The van der Waals surface area contributed by atoms with Crippen molar-refractivity contribution in [2.75, 3.05) is 11.9 Å². The Kier molecular flexibility index (Phi) is 4.97. The highest BCUT2D eigenvalue weighted by atomic mass is 16.3. The normalized spacial score (nSPS) is 9.57. The molecule has 4 heteroatoms. The van der Waals surface area contributed by atoms with Gasteiger partial charge in [-0.05, 0) is 35.9 Å². The number of nitrogens with one attached hydrogen (secondary N) is 1. The van der Waals surface area contributed by atoms with Gasteiger partial charge < -0.3 is 16.2 Å². The monoisotopic (exact) mass is 280 g/mol. The molecule has 0 saturated carbocycles. The number of hydrogen-bond acceptors (Lipinski definition) is 3. The van der Waals surface area contributed by atoms with Crippen molar-refractivity contribution in [3.8, 4) is 17.6 Å². The van der Waals surface area contributed by atoms with E-state index < -0.39 is 0 Å². The third kappa shape index (κ3) is 4.68. The van der Waals surface area contributed by atoms with Gasteiger partial charge in [-0.25, -0.2) is 0 Å². The lowest BCUT2D eigenvalue weighted by atomic mass is 10.1. The molecule has 106 valence electrons. The molecule has 0 bridgehead atoms. The summed E-state index contributed by atoms with van der Waals surface area (Å²) in [7, 11) is 0. The van der Waals surface area contributed by atoms with Gasteiger partial charge in [-0.2, -0.15) is 0 Å². The van der Waals surface area contributed by atoms with E-state index in [9.17, 15) is 9.90 Å². The van der Waals surface area contributed by atoms with Crippen molar-refractivity contribution < 1.29 is 9.90 Å². The number of rotatable bonds is 3. The molecule has 0 aromatic heterocycles. The summed E-state index contributed by atoms with van der Waals surface area (Å²) in [6, 6.07) is 13.9. The van der Waals surface area contributed by atoms with Crippen LogP contribution in [0.5, 0.6) is 5.75 Å². The second-order valence-electron chi connectivity index (χ2n) is 4.48. The number of amides is 1. The standard InChI is InChI=1S/C17H16N2O2/c18-9-3-6-13-4-1-7-15(10-13)19-17(21)12-14-5-2-8-16(20)11-14/h1-2,4-5,7-8,10-11,20H,9,12,18H2,(H,19,21). The Bertz CT molecular complexity index is 699. The van der Waals surface area contributed by atoms with Crippen LogP contribution < -0.4 is 11.1 Å². The van der Waals surface area contributed by atoms with E-state index in [1.54, 1.807) is 36.4 Å². The average molecular weight is 280 g/mol. The molecule has 0 heterocycles. The van der Waals surface area contributed by atoms with E-state index in [4.69, 9.17) is 5.73 Å². The van der Waals surface area contributed by atoms with Crippen molar-refractivity contribution in [1.82, 2.24) is 0 Å². The zero-order valence-corrected chi connectivity index (χ0v) is 11.5. The van der Waals surface area contributed by atoms with Crippen LogP contribution in [0.4, 0.5) is 5.69 Å². The predicted octanol–water partition coefficient (Wildman–Crippen LogP) is 1.88. The van der Waals surface area contributed by atoms with Gasteiger partial charge in [0.1, 0.15) is 5.75 Å². The summed E-state index contributed by atoms with van der Waals surface area (Å²) in [6.45, 7) is 0.300. The lowest BCUT2D eigenvalue weighted by Gasteiger charge is -2.06. The Balaban J connectivity index is 2.02. The molecule has 4 N–H and O–H groups in total. The fraction of sp³-hybridized carbons (Fsp3) is 0.118. The van der Waals surface area contributed by atoms with Gasteiger partial charge in [0.05, 0.1) is 13.0 Å². The number of aromatic hydroxyl groups is 1. The molecule has 0 spiro atoms. The summed E-state index contributed by atoms with van der Waals surface area (Å²) in [5, 5.41) is 12.2. The molecule has 0 radical (unpaired) electrons. The largest absolute Gasteiger partial charge is 0.508 e. The number of carbonyl (C=O) groups is 1. The molecular weight excluding hydrogens is 264 g/mol. The quantitative estimate of drug-likeness (QED) is 0.751. The summed E-state index contributed by atoms with van der Waals surface area (Å²) in [4.78, 5) is 12.0. The lowest BCUT2D eigenvalue weighted by molar-refractivity contribution is -0.115. The van der Waals surface area contributed by atoms with E-state index in [0.29, 0.717) is 12.2 Å². The molecule has 0 atom stereocenters. The minimum absolute atomic E-state index is 0.149. The highest BCUT2D eigenvalue weighted by Gasteiger charge is 2.05. The van der Waals surface area contributed by atoms with Gasteiger partial charge in [0.15, 0.2) is 0 Å². The van der Waals surface area contributed by atoms with E-state index in [-0.39, 0.29) is 18.1 Å². The van der Waals surface area contributed by atoms with Crippen LogP contribution in [-0.2, 0) is 11.2 Å². The third-order valence-corrected chi connectivity index (χ3v) is 2.76. The predicted molar refractivity (Wildman–Crippen MR) is 82.8 cm³/mol. The van der Waals surface area contributed by atoms with Crippen molar-refractivity contribution in [3.63, 3.8) is 0 Å². The zero-order valence-electron chi connectivity index (χ0n) is 11.5. The van der Waals surface area contributed by atoms with E-state index in [0.717, 1.165) is 11.1 Å². The number of phenolic OH excluding ortho intramolecular Hbond substituents is 1. The smallest absolute Gasteiger partial charge is 0.228 e. The maximum absolute atomic E-state index is 12.0. The number of nitrogens with two attached hydrogens (primary N) is 1. The van der Waals surface area contributed by atoms with Gasteiger partial charge in [-0.1, -0.05) is 30.0 Å². The zero-order chi connectivity index (χ0) is 15.1. The minimum Gasteiger partial charge on any atom is -0.508 e. The van der Waals surface area contributed by atoms with Crippen molar-refractivity contribution in [1.29, 1.82) is 0 Å². The van der Waals surface area contributed by atoms with Crippen LogP contribution in [0.3, 0.4) is 0 Å². The highest BCUT2D eigenvalue weighted by Crippen LogP contribution is 2.13. The number of anilines is 1. The van der Waals surface area contributed by atoms with E-state index in [1.807, 2.05) is 12.1 Å². The van der Waals surface area contributed by atoms with Crippen LogP contribution in [0.1, 0.15) is 11.1 Å². The number of hydrogen-bond donors (Lipinski definition) is 3. The molecule has 2 rings (SSSR count). The van der Waals surface area contributed by atoms with Crippen LogP contribution in [-0.4, -0.2) is 17.6 Å². The van der Waals surface area contributed by atoms with Crippen molar-refractivity contribution in [2.24, 2.45) is 5.73 Å². The summed E-state index contributed by atoms with van der Waals surface area (Å²) >= 11 is 0. The van der Waals surface area contributed by atoms with Gasteiger partial charge in [0, 0.05) is 11.3 Å². The highest BCUT2D eigenvalue weighted by molar-refractivity contribution is 5.92. The first-order valence-corrected chi connectivity index (χ1v) is 6.54. The minimum atomic E-state index is -0.149. The lowest BCUT2D eigenvalue weighted by Crippen LogP contribution is -2.14. The summed E-state index contributed by atoms with van der Waals surface area (Å²) in [6.07, 6.45) is 0.201. The summed E-state index contributed by atoms with van der Waals surface area (Å²) in [5.74, 6) is 5.69. The second kappa shape index (κ2) is 7.13. The maximum Gasteiger partial charge on any atom is 0.228 e. The molecule has 0 aliphatic carbocycles. The van der Waals surface area contributed by atoms with E-state index >= 15 is 0 Å². The maximum atomic E-state index is 12.0. The Labute approximate surface area is 123 Å². The topological polar surface area (TPSA) is 75.3 Å². The molecule has 2 aromatic carbocycles. The van der Waals surface area contributed by atoms with Crippen molar-refractivity contribution >= 4 is 11.6 Å². The number of carbonyl (C=O) groups excluding carboxylic acids is 1. The Morgan fingerprint density at radius 3 is 2.76 bits per heavy atom. The fourth-order valence-electron chi connectivity index (χ4n) is 1.88. The van der Waals surface area contributed by atoms with Crippen LogP contribution in [0.25, 0.3) is 0 Å². The molecule has 0 saturated heterocycles. The summed E-state index contributed by atoms with van der Waals surface area (Å²) < 4.78 is 0. The first-order valence-electron chi connectivity index (χ1n) is 6.54. The Hall–Kier alpha value is -2.77. The fourth-order valence-corrected chi connectivity index (χ4v) is 1.88. The van der Waals surface area contributed by atoms with E-state index in [1.165, 1.54) is 0 Å². The van der Waals surface area contributed by atoms with Gasteiger partial charge in [-0.3, -0.25) is 4.79 Å². The first kappa shape index (κ1) is 14.6. The molecule has 0 aliphatic rings. The Morgan fingerprint density at radius 2 is 2.00 bits per heavy atom. The van der Waals surface area contributed by atoms with Gasteiger partial charge >= 0.3 is 0 Å². The van der Waals surface area contributed by atoms with Gasteiger partial charge in [0.2, 0.25) is 5.91 Å². The molecule has 21 heavy (non-hydrogen) atoms. The molecular formula is C17H16N2O2.